The van der Waals surface area contributed by atoms with Crippen molar-refractivity contribution in [1.82, 2.24) is 14.4 Å². The van der Waals surface area contributed by atoms with Gasteiger partial charge in [-0.2, -0.15) is 5.26 Å². The smallest absolute Gasteiger partial charge is 0.255 e. The standard InChI is InChI=1S/C21H15N5O/c1-14-19(25-21-23-10-3-11-26(14)21)17-4-2-5-18(12-17)24-20(27)16-8-6-15(13-22)7-9-16/h2-12H,1H3,(H,24,27). The molecule has 2 aromatic heterocycles. The topological polar surface area (TPSA) is 83.1 Å². The van der Waals surface area contributed by atoms with Crippen LogP contribution >= 0.6 is 0 Å². The Morgan fingerprint density at radius 2 is 1.96 bits per heavy atom. The molecule has 130 valence electrons. The maximum Gasteiger partial charge on any atom is 0.255 e. The van der Waals surface area contributed by atoms with Gasteiger partial charge in [-0.3, -0.25) is 9.20 Å². The van der Waals surface area contributed by atoms with Gasteiger partial charge in [-0.1, -0.05) is 12.1 Å². The second-order valence-electron chi connectivity index (χ2n) is 6.06. The van der Waals surface area contributed by atoms with Crippen LogP contribution in [0.4, 0.5) is 5.69 Å². The van der Waals surface area contributed by atoms with Gasteiger partial charge in [-0.05, 0) is 49.4 Å². The summed E-state index contributed by atoms with van der Waals surface area (Å²) in [7, 11) is 0. The van der Waals surface area contributed by atoms with Gasteiger partial charge in [0.05, 0.1) is 17.3 Å². The van der Waals surface area contributed by atoms with Crippen molar-refractivity contribution in [2.24, 2.45) is 0 Å². The molecule has 0 radical (unpaired) electrons. The predicted molar refractivity (Wildman–Crippen MR) is 102 cm³/mol. The monoisotopic (exact) mass is 353 g/mol. The van der Waals surface area contributed by atoms with Gasteiger partial charge in [0, 0.05) is 34.9 Å². The summed E-state index contributed by atoms with van der Waals surface area (Å²) in [5.41, 5.74) is 4.38. The quantitative estimate of drug-likeness (QED) is 0.607. The number of imidazole rings is 1. The highest BCUT2D eigenvalue weighted by atomic mass is 16.1. The molecule has 0 spiro atoms. The molecule has 0 saturated heterocycles. The number of carbonyl (C=O) groups excluding carboxylic acids is 1. The second-order valence-corrected chi connectivity index (χ2v) is 6.06. The zero-order valence-electron chi connectivity index (χ0n) is 14.5. The van der Waals surface area contributed by atoms with Crippen LogP contribution in [0.15, 0.2) is 67.0 Å². The zero-order chi connectivity index (χ0) is 18.8. The molecule has 0 fully saturated rings. The average molecular weight is 353 g/mol. The molecule has 2 heterocycles. The van der Waals surface area contributed by atoms with Crippen LogP contribution in [0.1, 0.15) is 21.6 Å². The number of benzene rings is 2. The summed E-state index contributed by atoms with van der Waals surface area (Å²) in [6, 6.07) is 18.0. The number of rotatable bonds is 3. The van der Waals surface area contributed by atoms with Gasteiger partial charge in [0.1, 0.15) is 0 Å². The average Bonchev–Trinajstić information content (AvgIpc) is 3.05. The molecule has 0 bridgehead atoms. The summed E-state index contributed by atoms with van der Waals surface area (Å²) >= 11 is 0. The summed E-state index contributed by atoms with van der Waals surface area (Å²) in [5, 5.41) is 11.7. The van der Waals surface area contributed by atoms with Gasteiger partial charge in [0.25, 0.3) is 5.91 Å². The third kappa shape index (κ3) is 3.14. The highest BCUT2D eigenvalue weighted by molar-refractivity contribution is 6.04. The van der Waals surface area contributed by atoms with E-state index in [-0.39, 0.29) is 5.91 Å². The lowest BCUT2D eigenvalue weighted by Gasteiger charge is -2.07. The van der Waals surface area contributed by atoms with Crippen molar-refractivity contribution >= 4 is 17.4 Å². The highest BCUT2D eigenvalue weighted by Crippen LogP contribution is 2.25. The zero-order valence-corrected chi connectivity index (χ0v) is 14.5. The lowest BCUT2D eigenvalue weighted by atomic mass is 10.1. The largest absolute Gasteiger partial charge is 0.322 e. The number of hydrogen-bond acceptors (Lipinski definition) is 4. The molecule has 2 aromatic carbocycles. The Balaban J connectivity index is 1.63. The molecule has 0 aliphatic carbocycles. The minimum Gasteiger partial charge on any atom is -0.322 e. The van der Waals surface area contributed by atoms with Crippen molar-refractivity contribution in [3.05, 3.63) is 83.8 Å². The van der Waals surface area contributed by atoms with Crippen LogP contribution in [0.5, 0.6) is 0 Å². The van der Waals surface area contributed by atoms with Crippen LogP contribution in [0.25, 0.3) is 17.0 Å². The van der Waals surface area contributed by atoms with E-state index in [0.717, 1.165) is 17.0 Å². The van der Waals surface area contributed by atoms with Crippen molar-refractivity contribution in [1.29, 1.82) is 5.26 Å². The Labute approximate surface area is 155 Å². The normalized spacial score (nSPS) is 10.5. The minimum atomic E-state index is -0.231. The fraction of sp³-hybridized carbons (Fsp3) is 0.0476. The van der Waals surface area contributed by atoms with E-state index in [0.29, 0.717) is 22.6 Å². The number of nitriles is 1. The summed E-state index contributed by atoms with van der Waals surface area (Å²) in [6.07, 6.45) is 3.63. The van der Waals surface area contributed by atoms with Gasteiger partial charge >= 0.3 is 0 Å². The van der Waals surface area contributed by atoms with Gasteiger partial charge in [0.2, 0.25) is 5.78 Å². The van der Waals surface area contributed by atoms with Crippen LogP contribution in [0.2, 0.25) is 0 Å². The van der Waals surface area contributed by atoms with Crippen molar-refractivity contribution < 1.29 is 4.79 Å². The van der Waals surface area contributed by atoms with Gasteiger partial charge in [-0.15, -0.1) is 0 Å². The summed E-state index contributed by atoms with van der Waals surface area (Å²) in [5.74, 6) is 0.405. The van der Waals surface area contributed by atoms with E-state index in [4.69, 9.17) is 5.26 Å². The number of aromatic nitrogens is 3. The number of fused-ring (bicyclic) bond motifs is 1. The third-order valence-electron chi connectivity index (χ3n) is 4.31. The highest BCUT2D eigenvalue weighted by Gasteiger charge is 2.12. The molecule has 4 rings (SSSR count). The lowest BCUT2D eigenvalue weighted by Crippen LogP contribution is -2.11. The molecular weight excluding hydrogens is 338 g/mol. The first-order chi connectivity index (χ1) is 13.2. The Kier molecular flexibility index (Phi) is 4.11. The number of anilines is 1. The Morgan fingerprint density at radius 3 is 2.70 bits per heavy atom. The molecule has 0 aliphatic rings. The number of amides is 1. The van der Waals surface area contributed by atoms with Crippen molar-refractivity contribution in [2.45, 2.75) is 6.92 Å². The first-order valence-corrected chi connectivity index (χ1v) is 8.37. The summed E-state index contributed by atoms with van der Waals surface area (Å²) < 4.78 is 1.93. The Bertz CT molecular complexity index is 1190. The van der Waals surface area contributed by atoms with Crippen LogP contribution in [0, 0.1) is 18.3 Å². The van der Waals surface area contributed by atoms with E-state index in [9.17, 15) is 4.79 Å². The molecule has 1 N–H and O–H groups in total. The SMILES string of the molecule is Cc1c(-c2cccc(NC(=O)c3ccc(C#N)cc3)c2)nc2ncccn12. The molecule has 4 aromatic rings. The van der Waals surface area contributed by atoms with Crippen LogP contribution < -0.4 is 5.32 Å². The van der Waals surface area contributed by atoms with Crippen LogP contribution in [-0.4, -0.2) is 20.3 Å². The summed E-state index contributed by atoms with van der Waals surface area (Å²) in [6.45, 7) is 1.99. The van der Waals surface area contributed by atoms with Crippen molar-refractivity contribution in [3.8, 4) is 17.3 Å². The molecule has 0 aliphatic heterocycles. The first kappa shape index (κ1) is 16.5. The van der Waals surface area contributed by atoms with Gasteiger partial charge < -0.3 is 5.32 Å². The second kappa shape index (κ2) is 6.73. The van der Waals surface area contributed by atoms with Crippen LogP contribution in [-0.2, 0) is 0 Å². The predicted octanol–water partition coefficient (Wildman–Crippen LogP) is 3.83. The number of nitrogens with zero attached hydrogens (tertiary/aromatic N) is 4. The van der Waals surface area contributed by atoms with E-state index >= 15 is 0 Å². The Hall–Kier alpha value is -3.98. The van der Waals surface area contributed by atoms with Crippen LogP contribution in [0.3, 0.4) is 0 Å². The molecule has 6 nitrogen and oxygen atoms in total. The molecule has 0 saturated carbocycles. The number of hydrogen-bond donors (Lipinski definition) is 1. The number of nitrogens with one attached hydrogen (secondary N) is 1. The molecule has 6 heteroatoms. The molecule has 0 unspecified atom stereocenters. The van der Waals surface area contributed by atoms with Gasteiger partial charge in [0.15, 0.2) is 0 Å². The fourth-order valence-electron chi connectivity index (χ4n) is 2.92. The first-order valence-electron chi connectivity index (χ1n) is 8.37. The van der Waals surface area contributed by atoms with E-state index in [2.05, 4.69) is 15.3 Å². The van der Waals surface area contributed by atoms with E-state index in [1.165, 1.54) is 0 Å². The fourth-order valence-corrected chi connectivity index (χ4v) is 2.92. The van der Waals surface area contributed by atoms with E-state index in [1.54, 1.807) is 30.5 Å². The van der Waals surface area contributed by atoms with Gasteiger partial charge in [-0.25, -0.2) is 9.97 Å². The third-order valence-corrected chi connectivity index (χ3v) is 4.31. The number of aryl methyl sites for hydroxylation is 1. The van der Waals surface area contributed by atoms with Crippen molar-refractivity contribution in [2.75, 3.05) is 5.32 Å². The molecular formula is C21H15N5O. The minimum absolute atomic E-state index is 0.231. The number of carbonyl (C=O) groups is 1. The molecule has 1 amide bonds. The Morgan fingerprint density at radius 1 is 1.15 bits per heavy atom. The maximum absolute atomic E-state index is 12.4. The molecule has 27 heavy (non-hydrogen) atoms. The molecule has 0 atom stereocenters. The maximum atomic E-state index is 12.4. The lowest BCUT2D eigenvalue weighted by molar-refractivity contribution is 0.102. The van der Waals surface area contributed by atoms with E-state index in [1.807, 2.05) is 53.9 Å². The van der Waals surface area contributed by atoms with Crippen molar-refractivity contribution in [3.63, 3.8) is 0 Å². The van der Waals surface area contributed by atoms with E-state index < -0.39 is 0 Å². The summed E-state index contributed by atoms with van der Waals surface area (Å²) in [4.78, 5) is 21.3.